The summed E-state index contributed by atoms with van der Waals surface area (Å²) in [4.78, 5) is 50.7. The number of H-pyrrole nitrogens is 1. The van der Waals surface area contributed by atoms with Crippen molar-refractivity contribution in [2.75, 3.05) is 13.7 Å². The highest BCUT2D eigenvalue weighted by Gasteiger charge is 2.33. The Hall–Kier alpha value is -3.68. The van der Waals surface area contributed by atoms with Gasteiger partial charge in [0, 0.05) is 17.8 Å². The highest BCUT2D eigenvalue weighted by atomic mass is 79.9. The van der Waals surface area contributed by atoms with Crippen LogP contribution >= 0.6 is 39.0 Å². The SMILES string of the molecule is CCOC(=O)C1=C(C)N=c2s/c(=C/c3cc(Br)c(Sc4nc(C)cc(=O)[nH]4)o3)c(=O)n2[C@@H]1c1cccc(OC)c1. The molecule has 0 saturated heterocycles. The molecule has 1 aliphatic heterocycles. The largest absolute Gasteiger partial charge is 0.497 e. The molecule has 4 aromatic rings. The highest BCUT2D eigenvalue weighted by Crippen LogP contribution is 2.35. The Kier molecular flexibility index (Phi) is 7.97. The van der Waals surface area contributed by atoms with Gasteiger partial charge in [-0.2, -0.15) is 0 Å². The van der Waals surface area contributed by atoms with Gasteiger partial charge in [0.25, 0.3) is 11.1 Å². The summed E-state index contributed by atoms with van der Waals surface area (Å²) in [6, 6.07) is 9.59. The van der Waals surface area contributed by atoms with Gasteiger partial charge in [0.1, 0.15) is 11.5 Å². The van der Waals surface area contributed by atoms with E-state index >= 15 is 0 Å². The molecular formula is C27H23BrN4O6S2. The minimum Gasteiger partial charge on any atom is -0.497 e. The maximum absolute atomic E-state index is 13.8. The fraction of sp³-hybridized carbons (Fsp3) is 0.222. The van der Waals surface area contributed by atoms with Crippen LogP contribution in [0.15, 0.2) is 81.4 Å². The van der Waals surface area contributed by atoms with Crippen LogP contribution in [-0.4, -0.2) is 34.2 Å². The minimum absolute atomic E-state index is 0.185. The monoisotopic (exact) mass is 642 g/mol. The maximum Gasteiger partial charge on any atom is 0.338 e. The van der Waals surface area contributed by atoms with Crippen LogP contribution in [0.2, 0.25) is 0 Å². The van der Waals surface area contributed by atoms with Crippen molar-refractivity contribution in [1.82, 2.24) is 14.5 Å². The first kappa shape index (κ1) is 27.9. The second-order valence-corrected chi connectivity index (χ2v) is 11.5. The molecular weight excluding hydrogens is 620 g/mol. The zero-order valence-corrected chi connectivity index (χ0v) is 25.0. The van der Waals surface area contributed by atoms with Gasteiger partial charge in [-0.1, -0.05) is 23.5 Å². The number of furan rings is 1. The molecule has 13 heteroatoms. The second kappa shape index (κ2) is 11.4. The number of fused-ring (bicyclic) bond motifs is 1. The number of carbonyl (C=O) groups excluding carboxylic acids is 1. The smallest absolute Gasteiger partial charge is 0.338 e. The molecule has 0 fully saturated rings. The number of thiazole rings is 1. The van der Waals surface area contributed by atoms with E-state index in [-0.39, 0.29) is 23.3 Å². The molecule has 0 radical (unpaired) electrons. The summed E-state index contributed by atoms with van der Waals surface area (Å²) in [5.41, 5.74) is 1.42. The number of benzene rings is 1. The van der Waals surface area contributed by atoms with Crippen LogP contribution < -0.4 is 25.2 Å². The fourth-order valence-electron chi connectivity index (χ4n) is 4.25. The Morgan fingerprint density at radius 1 is 1.27 bits per heavy atom. The molecule has 4 heterocycles. The molecule has 206 valence electrons. The van der Waals surface area contributed by atoms with E-state index in [1.165, 1.54) is 22.0 Å². The predicted octanol–water partition coefficient (Wildman–Crippen LogP) is 3.71. The average Bonchev–Trinajstić information content (AvgIpc) is 3.40. The number of allylic oxidation sites excluding steroid dienone is 1. The van der Waals surface area contributed by atoms with E-state index in [1.807, 2.05) is 6.07 Å². The molecule has 3 aromatic heterocycles. The number of nitrogens with zero attached hydrogens (tertiary/aromatic N) is 3. The number of halogens is 1. The number of methoxy groups -OCH3 is 1. The van der Waals surface area contributed by atoms with Crippen LogP contribution in [0.5, 0.6) is 5.75 Å². The van der Waals surface area contributed by atoms with Crippen molar-refractivity contribution >= 4 is 51.1 Å². The van der Waals surface area contributed by atoms with Crippen molar-refractivity contribution < 1.29 is 18.7 Å². The van der Waals surface area contributed by atoms with Gasteiger partial charge in [-0.15, -0.1) is 0 Å². The minimum atomic E-state index is -0.758. The van der Waals surface area contributed by atoms with Gasteiger partial charge in [0.15, 0.2) is 15.1 Å². The zero-order valence-electron chi connectivity index (χ0n) is 21.8. The third-order valence-electron chi connectivity index (χ3n) is 5.91. The third-order valence-corrected chi connectivity index (χ3v) is 8.62. The van der Waals surface area contributed by atoms with Crippen LogP contribution in [0.4, 0.5) is 0 Å². The quantitative estimate of drug-likeness (QED) is 0.239. The number of nitrogens with one attached hydrogen (secondary N) is 1. The topological polar surface area (TPSA) is 129 Å². The molecule has 1 atom stereocenters. The van der Waals surface area contributed by atoms with Gasteiger partial charge < -0.3 is 18.9 Å². The molecule has 1 N–H and O–H groups in total. The molecule has 0 spiro atoms. The molecule has 0 unspecified atom stereocenters. The molecule has 5 rings (SSSR count). The van der Waals surface area contributed by atoms with E-state index < -0.39 is 12.0 Å². The first-order chi connectivity index (χ1) is 19.2. The van der Waals surface area contributed by atoms with Crippen LogP contribution in [0.25, 0.3) is 6.08 Å². The lowest BCUT2D eigenvalue weighted by Crippen LogP contribution is -2.39. The van der Waals surface area contributed by atoms with E-state index in [4.69, 9.17) is 13.9 Å². The van der Waals surface area contributed by atoms with Gasteiger partial charge in [-0.3, -0.25) is 14.2 Å². The molecule has 0 saturated carbocycles. The van der Waals surface area contributed by atoms with Crippen LogP contribution in [0.1, 0.15) is 36.9 Å². The second-order valence-electron chi connectivity index (χ2n) is 8.66. The van der Waals surface area contributed by atoms with Crippen molar-refractivity contribution in [1.29, 1.82) is 0 Å². The summed E-state index contributed by atoms with van der Waals surface area (Å²) in [6.45, 7) is 5.37. The van der Waals surface area contributed by atoms with E-state index in [9.17, 15) is 14.4 Å². The maximum atomic E-state index is 13.8. The number of aromatic nitrogens is 3. The fourth-order valence-corrected chi connectivity index (χ4v) is 6.63. The van der Waals surface area contributed by atoms with Crippen molar-refractivity contribution in [3.8, 4) is 5.75 Å². The lowest BCUT2D eigenvalue weighted by Gasteiger charge is -2.24. The molecule has 1 aliphatic rings. The number of hydrogen-bond donors (Lipinski definition) is 1. The summed E-state index contributed by atoms with van der Waals surface area (Å²) >= 11 is 5.81. The van der Waals surface area contributed by atoms with Crippen molar-refractivity contribution in [3.05, 3.63) is 99.2 Å². The number of esters is 1. The van der Waals surface area contributed by atoms with E-state index in [0.717, 1.165) is 11.8 Å². The number of rotatable bonds is 7. The molecule has 10 nitrogen and oxygen atoms in total. The number of carbonyl (C=O) groups is 1. The summed E-state index contributed by atoms with van der Waals surface area (Å²) in [7, 11) is 1.55. The number of aromatic amines is 1. The van der Waals surface area contributed by atoms with Gasteiger partial charge in [0.05, 0.1) is 40.0 Å². The Morgan fingerprint density at radius 3 is 2.80 bits per heavy atom. The Labute approximate surface area is 244 Å². The average molecular weight is 644 g/mol. The van der Waals surface area contributed by atoms with Gasteiger partial charge >= 0.3 is 5.97 Å². The standard InChI is InChI=1S/C27H23BrN4O6S2/c1-5-37-24(35)21-14(3)30-27-32(22(21)15-7-6-8-16(10-15)36-4)23(34)19(39-27)12-17-11-18(28)25(38-17)40-26-29-13(2)9-20(33)31-26/h6-12,22H,5H2,1-4H3,(H,29,31,33)/b19-12+/t22-/m1/s1. The van der Waals surface area contributed by atoms with E-state index in [0.29, 0.717) is 52.5 Å². The highest BCUT2D eigenvalue weighted by molar-refractivity contribution is 9.10. The van der Waals surface area contributed by atoms with Crippen LogP contribution in [0.3, 0.4) is 0 Å². The molecule has 0 aliphatic carbocycles. The van der Waals surface area contributed by atoms with Gasteiger partial charge in [0.2, 0.25) is 0 Å². The Morgan fingerprint density at radius 2 is 2.08 bits per heavy atom. The Bertz CT molecular complexity index is 1900. The van der Waals surface area contributed by atoms with Crippen molar-refractivity contribution in [3.63, 3.8) is 0 Å². The van der Waals surface area contributed by atoms with Crippen LogP contribution in [-0.2, 0) is 9.53 Å². The lowest BCUT2D eigenvalue weighted by molar-refractivity contribution is -0.139. The summed E-state index contributed by atoms with van der Waals surface area (Å²) < 4.78 is 19.2. The van der Waals surface area contributed by atoms with Crippen molar-refractivity contribution in [2.24, 2.45) is 4.99 Å². The van der Waals surface area contributed by atoms with E-state index in [2.05, 4.69) is 30.9 Å². The first-order valence-corrected chi connectivity index (χ1v) is 14.5. The number of ether oxygens (including phenoxy) is 2. The molecule has 0 amide bonds. The summed E-state index contributed by atoms with van der Waals surface area (Å²) in [6.07, 6.45) is 1.62. The molecule has 1 aromatic carbocycles. The predicted molar refractivity (Wildman–Crippen MR) is 154 cm³/mol. The van der Waals surface area contributed by atoms with Crippen molar-refractivity contribution in [2.45, 2.75) is 37.1 Å². The lowest BCUT2D eigenvalue weighted by atomic mass is 9.95. The summed E-state index contributed by atoms with van der Waals surface area (Å²) in [5, 5.41) is 0.841. The number of aryl methyl sites for hydroxylation is 1. The zero-order chi connectivity index (χ0) is 28.6. The number of hydrogen-bond acceptors (Lipinski definition) is 10. The third kappa shape index (κ3) is 5.49. The summed E-state index contributed by atoms with van der Waals surface area (Å²) in [5.74, 6) is 0.464. The van der Waals surface area contributed by atoms with Gasteiger partial charge in [-0.25, -0.2) is 14.8 Å². The molecule has 0 bridgehead atoms. The normalized spacial score (nSPS) is 15.1. The van der Waals surface area contributed by atoms with Crippen LogP contribution in [0, 0.1) is 6.92 Å². The molecule has 40 heavy (non-hydrogen) atoms. The first-order valence-electron chi connectivity index (χ1n) is 12.1. The van der Waals surface area contributed by atoms with E-state index in [1.54, 1.807) is 58.2 Å². The van der Waals surface area contributed by atoms with Gasteiger partial charge in [-0.05, 0) is 72.2 Å². The Balaban J connectivity index is 1.61.